The number of ether oxygens (including phenoxy) is 1. The molecule has 5 nitrogen and oxygen atoms in total. The molecule has 68 valence electrons. The van der Waals surface area contributed by atoms with Crippen LogP contribution in [0.5, 0.6) is 0 Å². The monoisotopic (exact) mass is 191 g/mol. The molecule has 0 bridgehead atoms. The van der Waals surface area contributed by atoms with Crippen molar-refractivity contribution in [3.8, 4) is 0 Å². The number of hydrogen-bond acceptors (Lipinski definition) is 5. The van der Waals surface area contributed by atoms with Crippen molar-refractivity contribution in [2.45, 2.75) is 6.92 Å². The fraction of sp³-hybridized carbons (Fsp3) is 0.333. The third-order valence-corrected chi connectivity index (χ3v) is 1.53. The summed E-state index contributed by atoms with van der Waals surface area (Å²) in [6.07, 6.45) is 0. The summed E-state index contributed by atoms with van der Waals surface area (Å²) in [5, 5.41) is -0.483. The molecule has 0 saturated heterocycles. The zero-order chi connectivity index (χ0) is 9.72. The summed E-state index contributed by atoms with van der Waals surface area (Å²) in [5.74, 6) is -0.792. The van der Waals surface area contributed by atoms with Crippen molar-refractivity contribution in [2.75, 3.05) is 6.54 Å². The van der Waals surface area contributed by atoms with Gasteiger partial charge < -0.3 is 10.5 Å². The summed E-state index contributed by atoms with van der Waals surface area (Å²) in [7, 11) is -2.58. The van der Waals surface area contributed by atoms with Crippen LogP contribution in [-0.4, -0.2) is 26.0 Å². The molecule has 0 aliphatic heterocycles. The molecule has 0 spiro atoms. The molecule has 0 aromatic carbocycles. The molecule has 0 fully saturated rings. The third kappa shape index (κ3) is 3.31. The van der Waals surface area contributed by atoms with Crippen LogP contribution < -0.4 is 5.73 Å². The highest BCUT2D eigenvalue weighted by Gasteiger charge is 2.08. The van der Waals surface area contributed by atoms with Crippen LogP contribution in [0.1, 0.15) is 6.92 Å². The summed E-state index contributed by atoms with van der Waals surface area (Å²) in [6, 6.07) is 0. The zero-order valence-electron chi connectivity index (χ0n) is 6.53. The van der Waals surface area contributed by atoms with Crippen LogP contribution in [0.2, 0.25) is 0 Å². The Morgan fingerprint density at radius 2 is 2.08 bits per heavy atom. The van der Waals surface area contributed by atoms with Gasteiger partial charge in [0.05, 0.1) is 6.54 Å². The lowest BCUT2D eigenvalue weighted by Crippen LogP contribution is -2.22. The number of carbonyl (C=O) groups is 1. The molecule has 0 heterocycles. The quantitative estimate of drug-likeness (QED) is 0.346. The number of rotatable bonds is 2. The van der Waals surface area contributed by atoms with Gasteiger partial charge in [0.1, 0.15) is 0 Å². The van der Waals surface area contributed by atoms with Crippen molar-refractivity contribution in [2.24, 2.45) is 5.73 Å². The van der Waals surface area contributed by atoms with Gasteiger partial charge >= 0.3 is 5.97 Å². The van der Waals surface area contributed by atoms with Crippen LogP contribution in [0.25, 0.3) is 0 Å². The average molecular weight is 191 g/mol. The predicted octanol–water partition coefficient (Wildman–Crippen LogP) is -0.927. The largest absolute Gasteiger partial charge is 0.410 e. The Morgan fingerprint density at radius 3 is 2.33 bits per heavy atom. The van der Waals surface area contributed by atoms with Crippen molar-refractivity contribution in [3.63, 3.8) is 0 Å². The lowest BCUT2D eigenvalue weighted by atomic mass is 10.4. The second-order valence-corrected chi connectivity index (χ2v) is 2.91. The van der Waals surface area contributed by atoms with Gasteiger partial charge in [0.2, 0.25) is 5.05 Å². The molecule has 6 heteroatoms. The van der Waals surface area contributed by atoms with Crippen LogP contribution >= 0.6 is 0 Å². The minimum Gasteiger partial charge on any atom is -0.410 e. The van der Waals surface area contributed by atoms with E-state index in [0.717, 1.165) is 0 Å². The minimum atomic E-state index is -2.58. The van der Waals surface area contributed by atoms with Gasteiger partial charge in [0.25, 0.3) is 10.3 Å². The van der Waals surface area contributed by atoms with E-state index in [0.29, 0.717) is 0 Å². The molecule has 0 radical (unpaired) electrons. The van der Waals surface area contributed by atoms with Gasteiger partial charge in [-0.25, -0.2) is 4.79 Å². The van der Waals surface area contributed by atoms with Gasteiger partial charge in [-0.2, -0.15) is 8.42 Å². The first-order valence-electron chi connectivity index (χ1n) is 3.02. The molecular formula is C6H9NO4S. The SMILES string of the molecule is C=C(C)C(=O)OC(CN)=S(=O)=O. The Kier molecular flexibility index (Phi) is 4.24. The lowest BCUT2D eigenvalue weighted by Gasteiger charge is -2.00. The lowest BCUT2D eigenvalue weighted by molar-refractivity contribution is -0.131. The van der Waals surface area contributed by atoms with Crippen molar-refractivity contribution in [3.05, 3.63) is 12.2 Å². The summed E-state index contributed by atoms with van der Waals surface area (Å²) in [5.41, 5.74) is 5.10. The van der Waals surface area contributed by atoms with E-state index in [1.807, 2.05) is 0 Å². The molecule has 0 aliphatic carbocycles. The van der Waals surface area contributed by atoms with Crippen molar-refractivity contribution < 1.29 is 17.9 Å². The maximum absolute atomic E-state index is 10.7. The fourth-order valence-corrected chi connectivity index (χ4v) is 0.614. The first kappa shape index (κ1) is 10.9. The Bertz CT molecular complexity index is 319. The Balaban J connectivity index is 4.57. The molecular weight excluding hydrogens is 182 g/mol. The van der Waals surface area contributed by atoms with Crippen LogP contribution in [0.15, 0.2) is 12.2 Å². The molecule has 0 unspecified atom stereocenters. The molecule has 0 aliphatic rings. The van der Waals surface area contributed by atoms with Crippen molar-refractivity contribution in [1.29, 1.82) is 0 Å². The van der Waals surface area contributed by atoms with E-state index in [4.69, 9.17) is 5.73 Å². The van der Waals surface area contributed by atoms with E-state index < -0.39 is 21.3 Å². The summed E-state index contributed by atoms with van der Waals surface area (Å²) >= 11 is 0. The minimum absolute atomic E-state index is 0.117. The third-order valence-electron chi connectivity index (χ3n) is 0.908. The van der Waals surface area contributed by atoms with E-state index >= 15 is 0 Å². The second-order valence-electron chi connectivity index (χ2n) is 1.98. The first-order chi connectivity index (χ1) is 5.49. The van der Waals surface area contributed by atoms with E-state index in [-0.39, 0.29) is 12.1 Å². The number of esters is 1. The molecule has 0 saturated carbocycles. The number of nitrogens with two attached hydrogens (primary N) is 1. The second kappa shape index (κ2) is 4.68. The van der Waals surface area contributed by atoms with Gasteiger partial charge in [0, 0.05) is 5.57 Å². The topological polar surface area (TPSA) is 86.5 Å². The Hall–Kier alpha value is -1.14. The van der Waals surface area contributed by atoms with Gasteiger partial charge in [-0.05, 0) is 6.92 Å². The molecule has 12 heavy (non-hydrogen) atoms. The number of hydrogen-bond donors (Lipinski definition) is 1. The highest BCUT2D eigenvalue weighted by atomic mass is 32.2. The maximum atomic E-state index is 10.7. The molecule has 0 atom stereocenters. The van der Waals surface area contributed by atoms with Gasteiger partial charge in [-0.15, -0.1) is 0 Å². The van der Waals surface area contributed by atoms with Crippen molar-refractivity contribution >= 4 is 21.3 Å². The van der Waals surface area contributed by atoms with Crippen molar-refractivity contribution in [1.82, 2.24) is 0 Å². The summed E-state index contributed by atoms with van der Waals surface area (Å²) < 4.78 is 24.9. The van der Waals surface area contributed by atoms with Gasteiger partial charge in [-0.3, -0.25) is 0 Å². The van der Waals surface area contributed by atoms with Crippen LogP contribution in [-0.2, 0) is 19.8 Å². The van der Waals surface area contributed by atoms with Gasteiger partial charge in [0.15, 0.2) is 0 Å². The molecule has 0 rings (SSSR count). The number of carbonyl (C=O) groups excluding carboxylic acids is 1. The van der Waals surface area contributed by atoms with Crippen LogP contribution in [0, 0.1) is 0 Å². The van der Waals surface area contributed by atoms with Crippen LogP contribution in [0.3, 0.4) is 0 Å². The van der Waals surface area contributed by atoms with E-state index in [1.165, 1.54) is 6.92 Å². The maximum Gasteiger partial charge on any atom is 0.339 e. The Labute approximate surface area is 71.4 Å². The highest BCUT2D eigenvalue weighted by Crippen LogP contribution is 1.91. The fourth-order valence-electron chi connectivity index (χ4n) is 0.334. The van der Waals surface area contributed by atoms with E-state index in [1.54, 1.807) is 0 Å². The average Bonchev–Trinajstić information content (AvgIpc) is 1.98. The zero-order valence-corrected chi connectivity index (χ0v) is 7.35. The molecule has 0 aromatic rings. The summed E-state index contributed by atoms with van der Waals surface area (Å²) in [4.78, 5) is 10.7. The highest BCUT2D eigenvalue weighted by molar-refractivity contribution is 7.72. The smallest absolute Gasteiger partial charge is 0.339 e. The van der Waals surface area contributed by atoms with Gasteiger partial charge in [-0.1, -0.05) is 6.58 Å². The standard InChI is InChI=1S/C6H9NO4S/c1-4(2)6(8)11-5(3-7)12(9)10/h1,3,7H2,2H3. The summed E-state index contributed by atoms with van der Waals surface area (Å²) in [6.45, 7) is 4.34. The molecule has 0 amide bonds. The van der Waals surface area contributed by atoms with E-state index in [2.05, 4.69) is 11.3 Å². The predicted molar refractivity (Wildman–Crippen MR) is 43.9 cm³/mol. The Morgan fingerprint density at radius 1 is 1.58 bits per heavy atom. The molecule has 0 aromatic heterocycles. The van der Waals surface area contributed by atoms with E-state index in [9.17, 15) is 13.2 Å². The normalized spacial score (nSPS) is 8.83. The van der Waals surface area contributed by atoms with Crippen LogP contribution in [0.4, 0.5) is 0 Å². The first-order valence-corrected chi connectivity index (χ1v) is 4.09. The molecule has 2 N–H and O–H groups in total.